The molecule has 0 aromatic heterocycles. The molecular formula is C13H15BrN2O4. The van der Waals surface area contributed by atoms with Crippen LogP contribution in [0.1, 0.15) is 30.1 Å². The zero-order chi connectivity index (χ0) is 14.9. The van der Waals surface area contributed by atoms with Gasteiger partial charge in [-0.15, -0.1) is 0 Å². The fourth-order valence-electron chi connectivity index (χ4n) is 2.36. The van der Waals surface area contributed by atoms with E-state index < -0.39 is 10.5 Å². The number of piperidine rings is 1. The second-order valence-corrected chi connectivity index (χ2v) is 6.10. The standard InChI is InChI=1S/C13H15BrN2O4/c1-13(18)5-2-6-15(8-13)12(17)9-3-4-10(14)11(7-9)16(19)20/h3-4,7,18H,2,5-6,8H2,1H3. The Morgan fingerprint density at radius 2 is 2.25 bits per heavy atom. The van der Waals surface area contributed by atoms with Crippen LogP contribution < -0.4 is 0 Å². The maximum absolute atomic E-state index is 12.4. The topological polar surface area (TPSA) is 83.7 Å². The molecule has 1 unspecified atom stereocenters. The lowest BCUT2D eigenvalue weighted by Gasteiger charge is -2.36. The SMILES string of the molecule is CC1(O)CCCN(C(=O)c2ccc(Br)c([N+](=O)[O-])c2)C1. The highest BCUT2D eigenvalue weighted by Gasteiger charge is 2.31. The molecule has 20 heavy (non-hydrogen) atoms. The Morgan fingerprint density at radius 1 is 1.55 bits per heavy atom. The van der Waals surface area contributed by atoms with Crippen molar-refractivity contribution in [3.8, 4) is 0 Å². The lowest BCUT2D eigenvalue weighted by molar-refractivity contribution is -0.385. The largest absolute Gasteiger partial charge is 0.388 e. The number of aliphatic hydroxyl groups is 1. The van der Waals surface area contributed by atoms with Gasteiger partial charge in [-0.05, 0) is 47.8 Å². The predicted molar refractivity (Wildman–Crippen MR) is 76.6 cm³/mol. The van der Waals surface area contributed by atoms with Crippen LogP contribution in [0, 0.1) is 10.1 Å². The van der Waals surface area contributed by atoms with Crippen molar-refractivity contribution in [1.82, 2.24) is 4.90 Å². The third kappa shape index (κ3) is 3.16. The van der Waals surface area contributed by atoms with E-state index in [-0.39, 0.29) is 23.7 Å². The van der Waals surface area contributed by atoms with Crippen molar-refractivity contribution in [2.45, 2.75) is 25.4 Å². The first-order valence-electron chi connectivity index (χ1n) is 6.26. The third-order valence-electron chi connectivity index (χ3n) is 3.35. The number of halogens is 1. The number of nitro groups is 1. The Labute approximate surface area is 124 Å². The van der Waals surface area contributed by atoms with E-state index in [1.165, 1.54) is 17.0 Å². The highest BCUT2D eigenvalue weighted by Crippen LogP contribution is 2.27. The van der Waals surface area contributed by atoms with E-state index in [0.29, 0.717) is 17.4 Å². The van der Waals surface area contributed by atoms with Crippen LogP contribution in [0.25, 0.3) is 0 Å². The molecule has 0 radical (unpaired) electrons. The Bertz CT molecular complexity index is 559. The Morgan fingerprint density at radius 3 is 2.85 bits per heavy atom. The summed E-state index contributed by atoms with van der Waals surface area (Å²) in [6.07, 6.45) is 1.37. The molecule has 1 atom stereocenters. The van der Waals surface area contributed by atoms with Crippen molar-refractivity contribution >= 4 is 27.5 Å². The second-order valence-electron chi connectivity index (χ2n) is 5.25. The summed E-state index contributed by atoms with van der Waals surface area (Å²) in [5, 5.41) is 20.9. The van der Waals surface area contributed by atoms with Gasteiger partial charge in [0.1, 0.15) is 0 Å². The van der Waals surface area contributed by atoms with Crippen molar-refractivity contribution in [1.29, 1.82) is 0 Å². The van der Waals surface area contributed by atoms with Crippen LogP contribution in [0.5, 0.6) is 0 Å². The molecule has 108 valence electrons. The molecule has 1 aromatic rings. The summed E-state index contributed by atoms with van der Waals surface area (Å²) in [4.78, 5) is 24.2. The molecule has 1 aromatic carbocycles. The van der Waals surface area contributed by atoms with Gasteiger partial charge in [-0.2, -0.15) is 0 Å². The van der Waals surface area contributed by atoms with Crippen molar-refractivity contribution in [3.05, 3.63) is 38.3 Å². The van der Waals surface area contributed by atoms with Crippen molar-refractivity contribution in [2.75, 3.05) is 13.1 Å². The summed E-state index contributed by atoms with van der Waals surface area (Å²) in [6, 6.07) is 4.30. The van der Waals surface area contributed by atoms with Crippen LogP contribution in [0.15, 0.2) is 22.7 Å². The van der Waals surface area contributed by atoms with Crippen LogP contribution in [0.4, 0.5) is 5.69 Å². The summed E-state index contributed by atoms with van der Waals surface area (Å²) >= 11 is 3.09. The van der Waals surface area contributed by atoms with Crippen molar-refractivity contribution in [3.63, 3.8) is 0 Å². The number of hydrogen-bond acceptors (Lipinski definition) is 4. The van der Waals surface area contributed by atoms with Crippen LogP contribution in [0.3, 0.4) is 0 Å². The van der Waals surface area contributed by atoms with E-state index in [4.69, 9.17) is 0 Å². The van der Waals surface area contributed by atoms with Crippen LogP contribution in [-0.4, -0.2) is 39.5 Å². The van der Waals surface area contributed by atoms with E-state index in [9.17, 15) is 20.0 Å². The first kappa shape index (κ1) is 14.9. The highest BCUT2D eigenvalue weighted by atomic mass is 79.9. The van der Waals surface area contributed by atoms with Crippen LogP contribution >= 0.6 is 15.9 Å². The number of carbonyl (C=O) groups is 1. The monoisotopic (exact) mass is 342 g/mol. The van der Waals surface area contributed by atoms with Gasteiger partial charge in [0.25, 0.3) is 11.6 Å². The maximum Gasteiger partial charge on any atom is 0.284 e. The molecule has 1 aliphatic rings. The van der Waals surface area contributed by atoms with Gasteiger partial charge >= 0.3 is 0 Å². The summed E-state index contributed by atoms with van der Waals surface area (Å²) < 4.78 is 0.338. The van der Waals surface area contributed by atoms with Gasteiger partial charge in [0.2, 0.25) is 0 Å². The normalized spacial score (nSPS) is 22.6. The number of hydrogen-bond donors (Lipinski definition) is 1. The number of benzene rings is 1. The molecule has 6 nitrogen and oxygen atoms in total. The number of likely N-dealkylation sites (tertiary alicyclic amines) is 1. The molecule has 1 aliphatic heterocycles. The summed E-state index contributed by atoms with van der Waals surface area (Å²) in [7, 11) is 0. The fraction of sp³-hybridized carbons (Fsp3) is 0.462. The quantitative estimate of drug-likeness (QED) is 0.660. The van der Waals surface area contributed by atoms with Gasteiger partial charge in [-0.1, -0.05) is 0 Å². The van der Waals surface area contributed by atoms with Gasteiger partial charge in [0.15, 0.2) is 0 Å². The van der Waals surface area contributed by atoms with Crippen molar-refractivity contribution < 1.29 is 14.8 Å². The average molecular weight is 343 g/mol. The van der Waals surface area contributed by atoms with Crippen LogP contribution in [-0.2, 0) is 0 Å². The Hall–Kier alpha value is -1.47. The number of carbonyl (C=O) groups excluding carboxylic acids is 1. The smallest absolute Gasteiger partial charge is 0.284 e. The molecule has 0 bridgehead atoms. The first-order chi connectivity index (χ1) is 9.30. The summed E-state index contributed by atoms with van der Waals surface area (Å²) in [6.45, 7) is 2.49. The van der Waals surface area contributed by atoms with E-state index >= 15 is 0 Å². The zero-order valence-corrected chi connectivity index (χ0v) is 12.6. The lowest BCUT2D eigenvalue weighted by Crippen LogP contribution is -2.48. The minimum Gasteiger partial charge on any atom is -0.388 e. The number of rotatable bonds is 2. The molecule has 0 aliphatic carbocycles. The Balaban J connectivity index is 2.25. The molecule has 1 N–H and O–H groups in total. The van der Waals surface area contributed by atoms with Crippen molar-refractivity contribution in [2.24, 2.45) is 0 Å². The minimum absolute atomic E-state index is 0.139. The molecule has 1 saturated heterocycles. The van der Waals surface area contributed by atoms with Crippen LogP contribution in [0.2, 0.25) is 0 Å². The summed E-state index contributed by atoms with van der Waals surface area (Å²) in [5.74, 6) is -0.291. The fourth-order valence-corrected chi connectivity index (χ4v) is 2.75. The van der Waals surface area contributed by atoms with E-state index in [2.05, 4.69) is 15.9 Å². The number of nitro benzene ring substituents is 1. The molecule has 1 amide bonds. The van der Waals surface area contributed by atoms with E-state index in [1.54, 1.807) is 13.0 Å². The number of nitrogens with zero attached hydrogens (tertiary/aromatic N) is 2. The number of β-amino-alcohol motifs (C(OH)–C–C–N with tert-alkyl or cyclic N) is 1. The van der Waals surface area contributed by atoms with Gasteiger partial charge in [0.05, 0.1) is 15.0 Å². The van der Waals surface area contributed by atoms with E-state index in [0.717, 1.165) is 6.42 Å². The van der Waals surface area contributed by atoms with Gasteiger partial charge < -0.3 is 10.0 Å². The van der Waals surface area contributed by atoms with Gasteiger partial charge in [-0.3, -0.25) is 14.9 Å². The average Bonchev–Trinajstić information content (AvgIpc) is 2.37. The number of amides is 1. The summed E-state index contributed by atoms with van der Waals surface area (Å²) in [5.41, 5.74) is -0.771. The minimum atomic E-state index is -0.894. The Kier molecular flexibility index (Phi) is 4.10. The predicted octanol–water partition coefficient (Wildman–Crippen LogP) is 2.34. The zero-order valence-electron chi connectivity index (χ0n) is 11.0. The maximum atomic E-state index is 12.4. The molecule has 0 saturated carbocycles. The second kappa shape index (κ2) is 5.49. The molecular weight excluding hydrogens is 328 g/mol. The lowest BCUT2D eigenvalue weighted by atomic mass is 9.94. The highest BCUT2D eigenvalue weighted by molar-refractivity contribution is 9.10. The molecule has 1 fully saturated rings. The molecule has 1 heterocycles. The van der Waals surface area contributed by atoms with Gasteiger partial charge in [0, 0.05) is 24.7 Å². The van der Waals surface area contributed by atoms with E-state index in [1.807, 2.05) is 0 Å². The van der Waals surface area contributed by atoms with Gasteiger partial charge in [-0.25, -0.2) is 0 Å². The molecule has 2 rings (SSSR count). The first-order valence-corrected chi connectivity index (χ1v) is 7.05. The molecule has 7 heteroatoms. The molecule has 0 spiro atoms. The third-order valence-corrected chi connectivity index (χ3v) is 4.02.